The first kappa shape index (κ1) is 26.8. The quantitative estimate of drug-likeness (QED) is 0.166. The van der Waals surface area contributed by atoms with E-state index in [0.29, 0.717) is 41.8 Å². The van der Waals surface area contributed by atoms with Crippen molar-refractivity contribution in [1.82, 2.24) is 5.43 Å². The van der Waals surface area contributed by atoms with E-state index in [9.17, 15) is 4.79 Å². The van der Waals surface area contributed by atoms with Crippen LogP contribution in [0.25, 0.3) is 0 Å². The van der Waals surface area contributed by atoms with Gasteiger partial charge in [0.1, 0.15) is 13.2 Å². The molecule has 0 aromatic heterocycles. The maximum absolute atomic E-state index is 12.2. The van der Waals surface area contributed by atoms with Gasteiger partial charge in [-0.1, -0.05) is 52.3 Å². The number of benzene rings is 4. The molecule has 0 saturated carbocycles. The molecule has 0 unspecified atom stereocenters. The van der Waals surface area contributed by atoms with Crippen LogP contribution < -0.4 is 24.4 Å². The van der Waals surface area contributed by atoms with Crippen LogP contribution in [0.1, 0.15) is 27.0 Å². The zero-order valence-corrected chi connectivity index (χ0v) is 22.6. The topological polar surface area (TPSA) is 78.4 Å². The first-order valence-electron chi connectivity index (χ1n) is 11.8. The predicted molar refractivity (Wildman–Crippen MR) is 150 cm³/mol. The molecule has 0 heterocycles. The zero-order chi connectivity index (χ0) is 26.7. The van der Waals surface area contributed by atoms with Gasteiger partial charge in [0.25, 0.3) is 5.91 Å². The van der Waals surface area contributed by atoms with Gasteiger partial charge < -0.3 is 18.9 Å². The number of halogens is 1. The van der Waals surface area contributed by atoms with Crippen LogP contribution in [0.4, 0.5) is 0 Å². The normalized spacial score (nSPS) is 10.7. The molecule has 0 aliphatic rings. The number of rotatable bonds is 11. The Morgan fingerprint density at radius 2 is 1.39 bits per heavy atom. The maximum atomic E-state index is 12.2. The van der Waals surface area contributed by atoms with E-state index < -0.39 is 0 Å². The van der Waals surface area contributed by atoms with Gasteiger partial charge in [-0.15, -0.1) is 0 Å². The Morgan fingerprint density at radius 3 is 2.08 bits per heavy atom. The number of hydrogen-bond acceptors (Lipinski definition) is 6. The number of ether oxygens (including phenoxy) is 4. The summed E-state index contributed by atoms with van der Waals surface area (Å²) in [6, 6.07) is 28.1. The molecule has 0 saturated heterocycles. The van der Waals surface area contributed by atoms with Crippen molar-refractivity contribution >= 4 is 28.1 Å². The summed E-state index contributed by atoms with van der Waals surface area (Å²) in [5.41, 5.74) is 5.77. The number of nitrogens with one attached hydrogen (secondary N) is 1. The van der Waals surface area contributed by atoms with Gasteiger partial charge in [-0.05, 0) is 71.3 Å². The second kappa shape index (κ2) is 13.3. The molecular weight excluding hydrogens is 548 g/mol. The van der Waals surface area contributed by atoms with E-state index in [1.165, 1.54) is 0 Å². The maximum Gasteiger partial charge on any atom is 0.271 e. The molecule has 0 aliphatic heterocycles. The highest BCUT2D eigenvalue weighted by Gasteiger charge is 2.10. The van der Waals surface area contributed by atoms with Crippen molar-refractivity contribution in [2.45, 2.75) is 13.2 Å². The molecule has 1 N–H and O–H groups in total. The third-order valence-electron chi connectivity index (χ3n) is 5.53. The monoisotopic (exact) mass is 574 g/mol. The molecule has 194 valence electrons. The minimum absolute atomic E-state index is 0.299. The minimum Gasteiger partial charge on any atom is -0.493 e. The number of hydrazone groups is 1. The van der Waals surface area contributed by atoms with Gasteiger partial charge in [0.2, 0.25) is 0 Å². The van der Waals surface area contributed by atoms with Crippen LogP contribution in [-0.2, 0) is 13.2 Å². The summed E-state index contributed by atoms with van der Waals surface area (Å²) in [5, 5.41) is 4.04. The molecule has 4 aromatic rings. The van der Waals surface area contributed by atoms with E-state index in [4.69, 9.17) is 18.9 Å². The van der Waals surface area contributed by atoms with Gasteiger partial charge in [0.15, 0.2) is 23.0 Å². The summed E-state index contributed by atoms with van der Waals surface area (Å²) in [6.07, 6.45) is 1.54. The Morgan fingerprint density at radius 1 is 0.763 bits per heavy atom. The molecule has 8 heteroatoms. The average Bonchev–Trinajstić information content (AvgIpc) is 2.96. The molecule has 0 bridgehead atoms. The summed E-state index contributed by atoms with van der Waals surface area (Å²) < 4.78 is 23.9. The fourth-order valence-corrected chi connectivity index (χ4v) is 3.80. The Labute approximate surface area is 230 Å². The fourth-order valence-electron chi connectivity index (χ4n) is 3.53. The Kier molecular flexibility index (Phi) is 9.37. The third-order valence-corrected chi connectivity index (χ3v) is 6.06. The third kappa shape index (κ3) is 7.36. The van der Waals surface area contributed by atoms with Crippen molar-refractivity contribution in [2.24, 2.45) is 5.10 Å². The lowest BCUT2D eigenvalue weighted by Crippen LogP contribution is -2.17. The second-order valence-corrected chi connectivity index (χ2v) is 9.08. The van der Waals surface area contributed by atoms with Gasteiger partial charge in [0.05, 0.1) is 20.4 Å². The van der Waals surface area contributed by atoms with Crippen LogP contribution >= 0.6 is 15.9 Å². The molecule has 4 rings (SSSR count). The molecule has 0 atom stereocenters. The van der Waals surface area contributed by atoms with E-state index in [0.717, 1.165) is 21.2 Å². The predicted octanol–water partition coefficient (Wildman–Crippen LogP) is 6.39. The zero-order valence-electron chi connectivity index (χ0n) is 21.0. The van der Waals surface area contributed by atoms with Crippen molar-refractivity contribution in [3.05, 3.63) is 118 Å². The lowest BCUT2D eigenvalue weighted by atomic mass is 10.2. The first-order chi connectivity index (χ1) is 18.6. The number of amides is 1. The molecule has 4 aromatic carbocycles. The average molecular weight is 575 g/mol. The molecule has 38 heavy (non-hydrogen) atoms. The lowest BCUT2D eigenvalue weighted by molar-refractivity contribution is 0.0955. The fraction of sp³-hybridized carbons (Fsp3) is 0.133. The van der Waals surface area contributed by atoms with E-state index in [1.807, 2.05) is 54.6 Å². The summed E-state index contributed by atoms with van der Waals surface area (Å²) >= 11 is 3.35. The van der Waals surface area contributed by atoms with Crippen LogP contribution in [0.15, 0.2) is 101 Å². The standard InChI is InChI=1S/C30H27BrN2O5/c1-35-28-16-22(18-32-33-30(34)24-10-12-25(31)13-11-24)8-14-26(28)38-20-23-9-15-27(29(17-23)36-2)37-19-21-6-4-3-5-7-21/h3-18H,19-20H2,1-2H3,(H,33,34)/b32-18+. The van der Waals surface area contributed by atoms with Crippen molar-refractivity contribution in [1.29, 1.82) is 0 Å². The van der Waals surface area contributed by atoms with Gasteiger partial charge in [-0.25, -0.2) is 5.43 Å². The van der Waals surface area contributed by atoms with E-state index in [-0.39, 0.29) is 5.91 Å². The first-order valence-corrected chi connectivity index (χ1v) is 12.6. The van der Waals surface area contributed by atoms with Gasteiger partial charge in [0, 0.05) is 10.0 Å². The molecule has 0 radical (unpaired) electrons. The summed E-state index contributed by atoms with van der Waals surface area (Å²) in [7, 11) is 3.18. The largest absolute Gasteiger partial charge is 0.493 e. The van der Waals surface area contributed by atoms with Crippen molar-refractivity contribution in [2.75, 3.05) is 14.2 Å². The number of hydrogen-bond donors (Lipinski definition) is 1. The van der Waals surface area contributed by atoms with Crippen molar-refractivity contribution in [3.63, 3.8) is 0 Å². The lowest BCUT2D eigenvalue weighted by Gasteiger charge is -2.14. The number of carbonyl (C=O) groups is 1. The highest BCUT2D eigenvalue weighted by molar-refractivity contribution is 9.10. The van der Waals surface area contributed by atoms with Gasteiger partial charge >= 0.3 is 0 Å². The molecular formula is C30H27BrN2O5. The molecule has 7 nitrogen and oxygen atoms in total. The van der Waals surface area contributed by atoms with Crippen LogP contribution in [0.3, 0.4) is 0 Å². The summed E-state index contributed by atoms with van der Waals surface area (Å²) in [6.45, 7) is 0.760. The van der Waals surface area contributed by atoms with E-state index in [1.54, 1.807) is 56.8 Å². The minimum atomic E-state index is -0.299. The van der Waals surface area contributed by atoms with Crippen LogP contribution in [0.5, 0.6) is 23.0 Å². The SMILES string of the molecule is COc1cc(/C=N/NC(=O)c2ccc(Br)cc2)ccc1OCc1ccc(OCc2ccccc2)c(OC)c1. The summed E-state index contributed by atoms with van der Waals surface area (Å²) in [5.74, 6) is 2.11. The molecule has 0 spiro atoms. The number of carbonyl (C=O) groups excluding carboxylic acids is 1. The van der Waals surface area contributed by atoms with Crippen LogP contribution in [0, 0.1) is 0 Å². The van der Waals surface area contributed by atoms with Crippen molar-refractivity contribution in [3.8, 4) is 23.0 Å². The second-order valence-electron chi connectivity index (χ2n) is 8.16. The van der Waals surface area contributed by atoms with E-state index in [2.05, 4.69) is 26.5 Å². The van der Waals surface area contributed by atoms with Gasteiger partial charge in [-0.3, -0.25) is 4.79 Å². The Hall–Kier alpha value is -4.30. The van der Waals surface area contributed by atoms with Crippen LogP contribution in [-0.4, -0.2) is 26.3 Å². The van der Waals surface area contributed by atoms with E-state index >= 15 is 0 Å². The molecule has 0 aliphatic carbocycles. The van der Waals surface area contributed by atoms with Crippen LogP contribution in [0.2, 0.25) is 0 Å². The van der Waals surface area contributed by atoms with Gasteiger partial charge in [-0.2, -0.15) is 5.10 Å². The molecule has 0 fully saturated rings. The Balaban J connectivity index is 1.35. The highest BCUT2D eigenvalue weighted by Crippen LogP contribution is 2.31. The van der Waals surface area contributed by atoms with Crippen molar-refractivity contribution < 1.29 is 23.7 Å². The smallest absolute Gasteiger partial charge is 0.271 e. The number of nitrogens with zero attached hydrogens (tertiary/aromatic N) is 1. The summed E-state index contributed by atoms with van der Waals surface area (Å²) in [4.78, 5) is 12.2. The highest BCUT2D eigenvalue weighted by atomic mass is 79.9. The Bertz CT molecular complexity index is 1390. The number of methoxy groups -OCH3 is 2. The molecule has 1 amide bonds.